The van der Waals surface area contributed by atoms with E-state index in [2.05, 4.69) is 27.8 Å². The molecule has 0 aliphatic carbocycles. The molecule has 1 rings (SSSR count). The van der Waals surface area contributed by atoms with Gasteiger partial charge in [0.25, 0.3) is 5.91 Å². The summed E-state index contributed by atoms with van der Waals surface area (Å²) in [6, 6.07) is -4.29. The number of nitrogens with one attached hydrogen (secondary N) is 4. The Balaban J connectivity index is 3.36. The lowest BCUT2D eigenvalue weighted by molar-refractivity contribution is -0.143. The summed E-state index contributed by atoms with van der Waals surface area (Å²) in [4.78, 5) is 68.6. The minimum atomic E-state index is -3.68. The van der Waals surface area contributed by atoms with Crippen molar-refractivity contribution >= 4 is 39.6 Å². The monoisotopic (exact) mass is 712 g/mol. The summed E-state index contributed by atoms with van der Waals surface area (Å²) in [5.74, 6) is -2.45. The Hall–Kier alpha value is -3.00. The summed E-state index contributed by atoms with van der Waals surface area (Å²) in [7, 11) is -2.19. The molecule has 0 spiro atoms. The Morgan fingerprint density at radius 1 is 0.939 bits per heavy atom. The summed E-state index contributed by atoms with van der Waals surface area (Å²) >= 11 is 0. The molecule has 5 atom stereocenters. The zero-order valence-electron chi connectivity index (χ0n) is 32.2. The molecule has 1 aliphatic rings. The van der Waals surface area contributed by atoms with Crippen LogP contribution in [-0.2, 0) is 29.2 Å². The zero-order chi connectivity index (χ0) is 38.3. The lowest BCUT2D eigenvalue weighted by Gasteiger charge is -2.38. The van der Waals surface area contributed by atoms with Crippen LogP contribution >= 0.6 is 0 Å². The fourth-order valence-corrected chi connectivity index (χ4v) is 6.86. The fourth-order valence-electron chi connectivity index (χ4n) is 5.58. The Morgan fingerprint density at radius 2 is 1.51 bits per heavy atom. The van der Waals surface area contributed by atoms with Crippen molar-refractivity contribution in [3.8, 4) is 0 Å². The highest BCUT2D eigenvalue weighted by atomic mass is 32.2. The smallest absolute Gasteiger partial charge is 0.315 e. The molecule has 49 heavy (non-hydrogen) atoms. The van der Waals surface area contributed by atoms with Crippen LogP contribution in [0.2, 0.25) is 0 Å². The van der Waals surface area contributed by atoms with Gasteiger partial charge in [-0.25, -0.2) is 17.5 Å². The van der Waals surface area contributed by atoms with E-state index in [-0.39, 0.29) is 37.9 Å². The van der Waals surface area contributed by atoms with Crippen LogP contribution < -0.4 is 21.3 Å². The predicted octanol–water partition coefficient (Wildman–Crippen LogP) is 3.20. The van der Waals surface area contributed by atoms with E-state index in [9.17, 15) is 32.4 Å². The van der Waals surface area contributed by atoms with E-state index in [1.807, 2.05) is 62.3 Å². The fraction of sp³-hybridized carbons (Fsp3) is 0.800. The number of hydrogen-bond acceptors (Lipinski definition) is 7. The summed E-state index contributed by atoms with van der Waals surface area (Å²) < 4.78 is 26.4. The third-order valence-electron chi connectivity index (χ3n) is 9.07. The Kier molecular flexibility index (Phi) is 15.5. The molecule has 1 fully saturated rings. The summed E-state index contributed by atoms with van der Waals surface area (Å²) in [5, 5.41) is 10.9. The van der Waals surface area contributed by atoms with Crippen molar-refractivity contribution < 1.29 is 32.4 Å². The van der Waals surface area contributed by atoms with Crippen LogP contribution in [0.15, 0.2) is 12.7 Å². The third kappa shape index (κ3) is 12.1. The molecule has 0 saturated carbocycles. The van der Waals surface area contributed by atoms with Gasteiger partial charge in [0, 0.05) is 32.7 Å². The Bertz CT molecular complexity index is 1310. The van der Waals surface area contributed by atoms with Crippen molar-refractivity contribution in [2.24, 2.45) is 22.7 Å². The van der Waals surface area contributed by atoms with Crippen molar-refractivity contribution in [1.29, 1.82) is 0 Å². The van der Waals surface area contributed by atoms with Gasteiger partial charge in [0.2, 0.25) is 27.6 Å². The maximum absolute atomic E-state index is 14.4. The molecule has 4 N–H and O–H groups in total. The first-order chi connectivity index (χ1) is 22.2. The van der Waals surface area contributed by atoms with Crippen LogP contribution in [0, 0.1) is 22.7 Å². The number of ketones is 1. The zero-order valence-corrected chi connectivity index (χ0v) is 33.0. The van der Waals surface area contributed by atoms with Crippen molar-refractivity contribution in [1.82, 2.24) is 30.5 Å². The third-order valence-corrected chi connectivity index (χ3v) is 11.6. The highest BCUT2D eigenvalue weighted by Gasteiger charge is 2.46. The van der Waals surface area contributed by atoms with Crippen molar-refractivity contribution in [2.75, 3.05) is 26.7 Å². The molecule has 1 unspecified atom stereocenters. The van der Waals surface area contributed by atoms with Crippen molar-refractivity contribution in [3.05, 3.63) is 12.7 Å². The predicted molar refractivity (Wildman–Crippen MR) is 193 cm³/mol. The number of urea groups is 1. The quantitative estimate of drug-likeness (QED) is 0.149. The number of amides is 5. The van der Waals surface area contributed by atoms with Gasteiger partial charge in [0.05, 0.1) is 10.8 Å². The van der Waals surface area contributed by atoms with Gasteiger partial charge < -0.3 is 26.2 Å². The van der Waals surface area contributed by atoms with Crippen molar-refractivity contribution in [2.45, 2.75) is 131 Å². The van der Waals surface area contributed by atoms with Gasteiger partial charge in [-0.3, -0.25) is 19.2 Å². The summed E-state index contributed by atoms with van der Waals surface area (Å²) in [6.07, 6.45) is 2.58. The molecule has 1 saturated heterocycles. The topological polar surface area (TPSA) is 174 Å². The first kappa shape index (κ1) is 44.0. The number of rotatable bonds is 15. The SMILES string of the molecule is C=CCNC(=O)C(=O)C(CCC)NC(=O)[C@@H]1C[C@@H](C(C)C)CN1C(=O)[C@@H](NC(=O)N[C@H](CN(C)S(=O)(=O)C(C)(C)C)C(C)(C)C)C(C)(C)C. The maximum Gasteiger partial charge on any atom is 0.315 e. The lowest BCUT2D eigenvalue weighted by Crippen LogP contribution is -2.62. The van der Waals surface area contributed by atoms with E-state index < -0.39 is 79.3 Å². The van der Waals surface area contributed by atoms with Crippen LogP contribution in [0.1, 0.15) is 102 Å². The molecule has 0 aromatic carbocycles. The Labute approximate surface area is 295 Å². The molecule has 0 aromatic rings. The van der Waals surface area contributed by atoms with Gasteiger partial charge in [-0.1, -0.05) is 74.8 Å². The minimum Gasteiger partial charge on any atom is -0.346 e. The average Bonchev–Trinajstić information content (AvgIpc) is 3.42. The summed E-state index contributed by atoms with van der Waals surface area (Å²) in [5.41, 5.74) is -1.32. The van der Waals surface area contributed by atoms with Gasteiger partial charge in [0.15, 0.2) is 0 Å². The highest BCUT2D eigenvalue weighted by Crippen LogP contribution is 2.32. The molecule has 14 heteroatoms. The second-order valence-corrected chi connectivity index (χ2v) is 19.5. The highest BCUT2D eigenvalue weighted by molar-refractivity contribution is 7.90. The number of hydrogen-bond donors (Lipinski definition) is 4. The number of sulfonamides is 1. The number of Topliss-reactive ketones (excluding diaryl/α,β-unsaturated/α-hetero) is 1. The van der Waals surface area contributed by atoms with Crippen LogP contribution in [0.3, 0.4) is 0 Å². The number of likely N-dealkylation sites (N-methyl/N-ethyl adjacent to an activating group) is 1. The Morgan fingerprint density at radius 3 is 1.96 bits per heavy atom. The van der Waals surface area contributed by atoms with Crippen LogP contribution in [0.4, 0.5) is 4.79 Å². The molecule has 0 radical (unpaired) electrons. The second-order valence-electron chi connectivity index (χ2n) is 16.7. The first-order valence-corrected chi connectivity index (χ1v) is 18.7. The minimum absolute atomic E-state index is 0.0123. The van der Waals surface area contributed by atoms with E-state index in [0.717, 1.165) is 0 Å². The van der Waals surface area contributed by atoms with Crippen LogP contribution in [0.25, 0.3) is 0 Å². The maximum atomic E-state index is 14.4. The van der Waals surface area contributed by atoms with Crippen LogP contribution in [-0.4, -0.2) is 103 Å². The molecule has 13 nitrogen and oxygen atoms in total. The summed E-state index contributed by atoms with van der Waals surface area (Å²) in [6.45, 7) is 25.7. The number of carbonyl (C=O) groups is 5. The second kappa shape index (κ2) is 17.3. The number of likely N-dealkylation sites (tertiary alicyclic amines) is 1. The molecule has 0 aromatic heterocycles. The molecule has 0 bridgehead atoms. The molecule has 5 amide bonds. The standard InChI is InChI=1S/C35H64N6O7S/c1-15-17-24(27(42)30(44)36-18-16-2)37-29(43)25-19-23(22(3)4)20-41(25)31(45)28(34(8,9)10)39-32(46)38-26(33(5,6)7)21-40(14)49(47,48)35(11,12)13/h16,22-26,28H,2,15,17-21H2,1,3-14H3,(H,36,44)(H,37,43)(H2,38,39,46)/t23-,24?,25+,26-,28-/m1/s1. The first-order valence-electron chi connectivity index (χ1n) is 17.3. The molecule has 282 valence electrons. The van der Waals surface area contributed by atoms with E-state index in [0.29, 0.717) is 12.8 Å². The van der Waals surface area contributed by atoms with E-state index in [1.165, 1.54) is 22.3 Å². The molecule has 1 heterocycles. The molecular formula is C35H64N6O7S. The van der Waals surface area contributed by atoms with Crippen LogP contribution in [0.5, 0.6) is 0 Å². The average molecular weight is 713 g/mol. The number of carbonyl (C=O) groups excluding carboxylic acids is 5. The van der Waals surface area contributed by atoms with E-state index >= 15 is 0 Å². The van der Waals surface area contributed by atoms with Gasteiger partial charge in [-0.15, -0.1) is 6.58 Å². The number of nitrogens with zero attached hydrogens (tertiary/aromatic N) is 2. The van der Waals surface area contributed by atoms with Gasteiger partial charge >= 0.3 is 6.03 Å². The van der Waals surface area contributed by atoms with Gasteiger partial charge in [-0.2, -0.15) is 0 Å². The van der Waals surface area contributed by atoms with Gasteiger partial charge in [-0.05, 0) is 56.3 Å². The molecule has 1 aliphatic heterocycles. The van der Waals surface area contributed by atoms with E-state index in [1.54, 1.807) is 20.8 Å². The largest absolute Gasteiger partial charge is 0.346 e. The van der Waals surface area contributed by atoms with E-state index in [4.69, 9.17) is 0 Å². The normalized spacial score (nSPS) is 19.2. The van der Waals surface area contributed by atoms with Crippen molar-refractivity contribution in [3.63, 3.8) is 0 Å². The lowest BCUT2D eigenvalue weighted by atomic mass is 9.85. The molecular weight excluding hydrogens is 648 g/mol. The van der Waals surface area contributed by atoms with Gasteiger partial charge in [0.1, 0.15) is 12.1 Å².